The van der Waals surface area contributed by atoms with E-state index in [1.807, 2.05) is 0 Å². The quantitative estimate of drug-likeness (QED) is 0.448. The number of furan rings is 1. The molecule has 0 fully saturated rings. The fourth-order valence-corrected chi connectivity index (χ4v) is 2.42. The molecule has 0 aliphatic carbocycles. The second-order valence-electron chi connectivity index (χ2n) is 5.88. The third-order valence-electron chi connectivity index (χ3n) is 3.91. The largest absolute Gasteiger partial charge is 0.493 e. The molecule has 0 radical (unpaired) electrons. The van der Waals surface area contributed by atoms with Gasteiger partial charge in [-0.25, -0.2) is 10.2 Å². The lowest BCUT2D eigenvalue weighted by molar-refractivity contribution is 0.0696. The summed E-state index contributed by atoms with van der Waals surface area (Å²) in [5, 5.41) is 12.8. The highest BCUT2D eigenvalue weighted by Crippen LogP contribution is 2.28. The Kier molecular flexibility index (Phi) is 6.26. The zero-order valence-corrected chi connectivity index (χ0v) is 15.5. The summed E-state index contributed by atoms with van der Waals surface area (Å²) in [6.07, 6.45) is 2.88. The molecule has 1 heterocycles. The number of carboxylic acid groups (broad SMARTS) is 1. The van der Waals surface area contributed by atoms with Crippen LogP contribution in [0.3, 0.4) is 0 Å². The van der Waals surface area contributed by atoms with Gasteiger partial charge in [-0.1, -0.05) is 12.1 Å². The van der Waals surface area contributed by atoms with Crippen molar-refractivity contribution < 1.29 is 28.6 Å². The Hall–Kier alpha value is -4.07. The van der Waals surface area contributed by atoms with E-state index < -0.39 is 11.9 Å². The minimum Gasteiger partial charge on any atom is -0.493 e. The minimum atomic E-state index is -0.975. The Balaban J connectivity index is 1.61. The molecule has 0 bridgehead atoms. The number of nitrogens with one attached hydrogen (secondary N) is 1. The smallest absolute Gasteiger partial charge is 0.335 e. The molecule has 8 heteroatoms. The SMILES string of the molecule is COc1cc(/C=N/NC(=O)c2ccco2)ccc1OCc1ccc(C(=O)O)cc1. The van der Waals surface area contributed by atoms with Gasteiger partial charge in [-0.3, -0.25) is 4.79 Å². The molecule has 2 aromatic carbocycles. The number of nitrogens with zero attached hydrogens (tertiary/aromatic N) is 1. The molecule has 0 aliphatic heterocycles. The molecule has 0 unspecified atom stereocenters. The molecular formula is C21H18N2O6. The van der Waals surface area contributed by atoms with Crippen molar-refractivity contribution >= 4 is 18.1 Å². The molecule has 29 heavy (non-hydrogen) atoms. The molecule has 0 saturated carbocycles. The molecule has 0 aliphatic rings. The van der Waals surface area contributed by atoms with Crippen molar-refractivity contribution in [1.82, 2.24) is 5.43 Å². The summed E-state index contributed by atoms with van der Waals surface area (Å²) in [4.78, 5) is 22.6. The van der Waals surface area contributed by atoms with Crippen LogP contribution in [0.1, 0.15) is 32.0 Å². The Morgan fingerprint density at radius 2 is 1.93 bits per heavy atom. The topological polar surface area (TPSA) is 110 Å². The molecule has 3 rings (SSSR count). The number of methoxy groups -OCH3 is 1. The predicted molar refractivity (Wildman–Crippen MR) is 104 cm³/mol. The van der Waals surface area contributed by atoms with Gasteiger partial charge >= 0.3 is 11.9 Å². The van der Waals surface area contributed by atoms with Crippen LogP contribution in [-0.2, 0) is 6.61 Å². The number of amides is 1. The van der Waals surface area contributed by atoms with Gasteiger partial charge in [-0.05, 0) is 53.6 Å². The second-order valence-corrected chi connectivity index (χ2v) is 5.88. The first-order valence-corrected chi connectivity index (χ1v) is 8.57. The van der Waals surface area contributed by atoms with Gasteiger partial charge < -0.3 is 19.0 Å². The molecular weight excluding hydrogens is 376 g/mol. The van der Waals surface area contributed by atoms with E-state index in [2.05, 4.69) is 10.5 Å². The van der Waals surface area contributed by atoms with Crippen molar-refractivity contribution in [3.8, 4) is 11.5 Å². The van der Waals surface area contributed by atoms with E-state index in [0.29, 0.717) is 17.1 Å². The Morgan fingerprint density at radius 1 is 1.14 bits per heavy atom. The number of carbonyl (C=O) groups is 2. The molecule has 2 N–H and O–H groups in total. The molecule has 0 spiro atoms. The van der Waals surface area contributed by atoms with Crippen LogP contribution in [0.2, 0.25) is 0 Å². The fraction of sp³-hybridized carbons (Fsp3) is 0.0952. The standard InChI is InChI=1S/C21H18N2O6/c1-27-19-11-15(12-22-23-20(24)18-3-2-10-28-18)6-9-17(19)29-13-14-4-7-16(8-5-14)21(25)26/h2-12H,13H2,1H3,(H,23,24)(H,25,26)/b22-12+. The molecule has 8 nitrogen and oxygen atoms in total. The Labute approximate surface area is 166 Å². The van der Waals surface area contributed by atoms with Crippen molar-refractivity contribution in [2.24, 2.45) is 5.10 Å². The average molecular weight is 394 g/mol. The summed E-state index contributed by atoms with van der Waals surface area (Å²) in [5.74, 6) is -0.247. The van der Waals surface area contributed by atoms with Gasteiger partial charge in [0, 0.05) is 0 Å². The third-order valence-corrected chi connectivity index (χ3v) is 3.91. The van der Waals surface area contributed by atoms with Crippen molar-refractivity contribution in [3.05, 3.63) is 83.3 Å². The zero-order valence-electron chi connectivity index (χ0n) is 15.5. The summed E-state index contributed by atoms with van der Waals surface area (Å²) in [7, 11) is 1.52. The summed E-state index contributed by atoms with van der Waals surface area (Å²) in [5.41, 5.74) is 4.10. The highest BCUT2D eigenvalue weighted by atomic mass is 16.5. The van der Waals surface area contributed by atoms with Crippen LogP contribution in [0, 0.1) is 0 Å². The van der Waals surface area contributed by atoms with Crippen LogP contribution in [0.4, 0.5) is 0 Å². The Bertz CT molecular complexity index is 1010. The van der Waals surface area contributed by atoms with E-state index in [-0.39, 0.29) is 17.9 Å². The summed E-state index contributed by atoms with van der Waals surface area (Å²) < 4.78 is 16.1. The number of rotatable bonds is 8. The highest BCUT2D eigenvalue weighted by Gasteiger charge is 2.08. The lowest BCUT2D eigenvalue weighted by Gasteiger charge is -2.11. The maximum absolute atomic E-state index is 11.8. The first kappa shape index (κ1) is 19.7. The van der Waals surface area contributed by atoms with Crippen molar-refractivity contribution in [2.45, 2.75) is 6.61 Å². The van der Waals surface area contributed by atoms with Gasteiger partial charge in [0.1, 0.15) is 6.61 Å². The zero-order chi connectivity index (χ0) is 20.6. The van der Waals surface area contributed by atoms with Crippen LogP contribution in [0.15, 0.2) is 70.4 Å². The molecule has 3 aromatic rings. The number of carbonyl (C=O) groups excluding carboxylic acids is 1. The van der Waals surface area contributed by atoms with Crippen molar-refractivity contribution in [2.75, 3.05) is 7.11 Å². The summed E-state index contributed by atoms with van der Waals surface area (Å²) >= 11 is 0. The monoisotopic (exact) mass is 394 g/mol. The number of carboxylic acids is 1. The third kappa shape index (κ3) is 5.23. The number of hydrazone groups is 1. The molecule has 1 amide bonds. The predicted octanol–water partition coefficient (Wildman–Crippen LogP) is 3.33. The van der Waals surface area contributed by atoms with Crippen LogP contribution in [-0.4, -0.2) is 30.3 Å². The molecule has 148 valence electrons. The molecule has 0 atom stereocenters. The summed E-state index contributed by atoms with van der Waals surface area (Å²) in [6.45, 7) is 0.253. The average Bonchev–Trinajstić information content (AvgIpc) is 3.28. The van der Waals surface area contributed by atoms with E-state index in [1.54, 1.807) is 36.4 Å². The Morgan fingerprint density at radius 3 is 2.59 bits per heavy atom. The number of benzene rings is 2. The van der Waals surface area contributed by atoms with Gasteiger partial charge in [0.15, 0.2) is 17.3 Å². The van der Waals surface area contributed by atoms with Gasteiger partial charge in [-0.2, -0.15) is 5.10 Å². The molecule has 0 saturated heterocycles. The van der Waals surface area contributed by atoms with Crippen LogP contribution < -0.4 is 14.9 Å². The van der Waals surface area contributed by atoms with Crippen LogP contribution in [0.5, 0.6) is 11.5 Å². The van der Waals surface area contributed by atoms with Gasteiger partial charge in [0.2, 0.25) is 0 Å². The molecule has 1 aromatic heterocycles. The lowest BCUT2D eigenvalue weighted by Crippen LogP contribution is -2.16. The first-order chi connectivity index (χ1) is 14.1. The van der Waals surface area contributed by atoms with Gasteiger partial charge in [0.05, 0.1) is 25.2 Å². The number of hydrogen-bond acceptors (Lipinski definition) is 6. The maximum atomic E-state index is 11.8. The lowest BCUT2D eigenvalue weighted by atomic mass is 10.1. The van der Waals surface area contributed by atoms with E-state index in [1.165, 1.54) is 37.8 Å². The van der Waals surface area contributed by atoms with E-state index in [0.717, 1.165) is 5.56 Å². The first-order valence-electron chi connectivity index (χ1n) is 8.57. The minimum absolute atomic E-state index is 0.167. The van der Waals surface area contributed by atoms with Gasteiger partial charge in [0.25, 0.3) is 0 Å². The number of ether oxygens (including phenoxy) is 2. The van der Waals surface area contributed by atoms with E-state index >= 15 is 0 Å². The number of aromatic carboxylic acids is 1. The number of hydrogen-bond donors (Lipinski definition) is 2. The second kappa shape index (κ2) is 9.23. The maximum Gasteiger partial charge on any atom is 0.335 e. The van der Waals surface area contributed by atoms with E-state index in [9.17, 15) is 9.59 Å². The van der Waals surface area contributed by atoms with Crippen molar-refractivity contribution in [1.29, 1.82) is 0 Å². The van der Waals surface area contributed by atoms with Crippen LogP contribution >= 0.6 is 0 Å². The van der Waals surface area contributed by atoms with E-state index in [4.69, 9.17) is 19.0 Å². The summed E-state index contributed by atoms with van der Waals surface area (Å²) in [6, 6.07) is 14.8. The highest BCUT2D eigenvalue weighted by molar-refractivity contribution is 5.92. The van der Waals surface area contributed by atoms with Gasteiger partial charge in [-0.15, -0.1) is 0 Å². The van der Waals surface area contributed by atoms with Crippen LogP contribution in [0.25, 0.3) is 0 Å². The van der Waals surface area contributed by atoms with Crippen molar-refractivity contribution in [3.63, 3.8) is 0 Å². The normalized spacial score (nSPS) is 10.7. The fourth-order valence-electron chi connectivity index (χ4n) is 2.42.